The van der Waals surface area contributed by atoms with Crippen LogP contribution in [0.5, 0.6) is 5.75 Å². The number of hydrogen-bond donors (Lipinski definition) is 1. The smallest absolute Gasteiger partial charge is 0.241 e. The first-order valence-electron chi connectivity index (χ1n) is 8.47. The summed E-state index contributed by atoms with van der Waals surface area (Å²) >= 11 is 0. The quantitative estimate of drug-likeness (QED) is 0.796. The monoisotopic (exact) mass is 361 g/mol. The Morgan fingerprint density at radius 2 is 1.60 bits per heavy atom. The highest BCUT2D eigenvalue weighted by Gasteiger charge is 2.25. The molecule has 1 N–H and O–H groups in total. The second-order valence-electron chi connectivity index (χ2n) is 6.80. The van der Waals surface area contributed by atoms with E-state index in [1.54, 1.807) is 33.1 Å². The second-order valence-corrected chi connectivity index (χ2v) is 8.46. The zero-order valence-corrected chi connectivity index (χ0v) is 16.4. The molecule has 2 aromatic carbocycles. The van der Waals surface area contributed by atoms with Crippen LogP contribution >= 0.6 is 0 Å². The molecule has 0 fully saturated rings. The van der Waals surface area contributed by atoms with Crippen molar-refractivity contribution in [3.8, 4) is 5.75 Å². The van der Waals surface area contributed by atoms with Crippen LogP contribution in [-0.4, -0.2) is 15.5 Å². The molecule has 2 rings (SSSR count). The number of methoxy groups -OCH3 is 1. The zero-order chi connectivity index (χ0) is 18.6. The number of benzene rings is 2. The molecular formula is C20H27NO3S. The lowest BCUT2D eigenvalue weighted by atomic mass is 9.98. The Labute approximate surface area is 151 Å². The average Bonchev–Trinajstić information content (AvgIpc) is 2.53. The van der Waals surface area contributed by atoms with Gasteiger partial charge in [-0.25, -0.2) is 13.1 Å². The average molecular weight is 362 g/mol. The van der Waals surface area contributed by atoms with Crippen molar-refractivity contribution < 1.29 is 13.2 Å². The molecule has 0 bridgehead atoms. The molecule has 0 heterocycles. The van der Waals surface area contributed by atoms with Crippen LogP contribution < -0.4 is 9.46 Å². The molecule has 1 unspecified atom stereocenters. The van der Waals surface area contributed by atoms with Crippen molar-refractivity contribution in [2.75, 3.05) is 7.11 Å². The van der Waals surface area contributed by atoms with E-state index in [2.05, 4.69) is 18.6 Å². The minimum Gasteiger partial charge on any atom is -0.497 e. The lowest BCUT2D eigenvalue weighted by Crippen LogP contribution is -2.30. The molecule has 5 heteroatoms. The fourth-order valence-electron chi connectivity index (χ4n) is 3.11. The SMILES string of the molecule is COc1cc(C)c(S(=O)(=O)NC(CC(C)C)c2ccccc2)c(C)c1. The molecular weight excluding hydrogens is 334 g/mol. The molecule has 0 aromatic heterocycles. The van der Waals surface area contributed by atoms with Crippen LogP contribution in [0.2, 0.25) is 0 Å². The molecule has 0 aliphatic carbocycles. The number of ether oxygens (including phenoxy) is 1. The molecule has 0 aliphatic rings. The second kappa shape index (κ2) is 8.02. The number of sulfonamides is 1. The predicted molar refractivity (Wildman–Crippen MR) is 101 cm³/mol. The van der Waals surface area contributed by atoms with E-state index >= 15 is 0 Å². The van der Waals surface area contributed by atoms with Crippen LogP contribution in [-0.2, 0) is 10.0 Å². The molecule has 136 valence electrons. The van der Waals surface area contributed by atoms with E-state index in [0.717, 1.165) is 12.0 Å². The first kappa shape index (κ1) is 19.5. The molecule has 4 nitrogen and oxygen atoms in total. The molecule has 0 radical (unpaired) electrons. The minimum atomic E-state index is -3.65. The van der Waals surface area contributed by atoms with Crippen LogP contribution in [0.25, 0.3) is 0 Å². The Balaban J connectivity index is 2.41. The Morgan fingerprint density at radius 3 is 2.08 bits per heavy atom. The Morgan fingerprint density at radius 1 is 1.04 bits per heavy atom. The molecule has 1 atom stereocenters. The molecule has 0 saturated heterocycles. The Kier molecular flexibility index (Phi) is 6.25. The third kappa shape index (κ3) is 4.83. The van der Waals surface area contributed by atoms with Crippen molar-refractivity contribution in [3.63, 3.8) is 0 Å². The van der Waals surface area contributed by atoms with Crippen LogP contribution in [0.15, 0.2) is 47.4 Å². The molecule has 0 aliphatic heterocycles. The maximum Gasteiger partial charge on any atom is 0.241 e. The summed E-state index contributed by atoms with van der Waals surface area (Å²) in [7, 11) is -2.07. The normalized spacial score (nSPS) is 13.0. The van der Waals surface area contributed by atoms with Crippen molar-refractivity contribution >= 4 is 10.0 Å². The topological polar surface area (TPSA) is 55.4 Å². The Bertz CT molecular complexity index is 791. The van der Waals surface area contributed by atoms with Gasteiger partial charge in [0, 0.05) is 6.04 Å². The van der Waals surface area contributed by atoms with Gasteiger partial charge in [-0.2, -0.15) is 0 Å². The number of hydrogen-bond acceptors (Lipinski definition) is 3. The number of nitrogens with one attached hydrogen (secondary N) is 1. The highest BCUT2D eigenvalue weighted by atomic mass is 32.2. The summed E-state index contributed by atoms with van der Waals surface area (Å²) < 4.78 is 34.3. The first-order valence-corrected chi connectivity index (χ1v) is 9.95. The summed E-state index contributed by atoms with van der Waals surface area (Å²) in [5, 5.41) is 0. The largest absolute Gasteiger partial charge is 0.497 e. The summed E-state index contributed by atoms with van der Waals surface area (Å²) in [4.78, 5) is 0.331. The molecule has 2 aromatic rings. The van der Waals surface area contributed by atoms with Crippen molar-refractivity contribution in [2.45, 2.75) is 45.1 Å². The van der Waals surface area contributed by atoms with E-state index in [0.29, 0.717) is 27.7 Å². The summed E-state index contributed by atoms with van der Waals surface area (Å²) in [5.74, 6) is 1.03. The molecule has 0 spiro atoms. The molecule has 0 amide bonds. The van der Waals surface area contributed by atoms with Crippen molar-refractivity contribution in [2.24, 2.45) is 5.92 Å². The van der Waals surface area contributed by atoms with Crippen LogP contribution in [0, 0.1) is 19.8 Å². The van der Waals surface area contributed by atoms with E-state index in [4.69, 9.17) is 4.74 Å². The van der Waals surface area contributed by atoms with Gasteiger partial charge in [-0.1, -0.05) is 44.2 Å². The number of rotatable bonds is 7. The van der Waals surface area contributed by atoms with Gasteiger partial charge >= 0.3 is 0 Å². The standard InChI is InChI=1S/C20H27NO3S/c1-14(2)11-19(17-9-7-6-8-10-17)21-25(22,23)20-15(3)12-18(24-5)13-16(20)4/h6-10,12-14,19,21H,11H2,1-5H3. The predicted octanol–water partition coefficient (Wildman–Crippen LogP) is 4.38. The van der Waals surface area contributed by atoms with Gasteiger partial charge in [-0.05, 0) is 55.0 Å². The van der Waals surface area contributed by atoms with Gasteiger partial charge in [0.1, 0.15) is 5.75 Å². The molecule has 25 heavy (non-hydrogen) atoms. The van der Waals surface area contributed by atoms with Gasteiger partial charge < -0.3 is 4.74 Å². The van der Waals surface area contributed by atoms with Gasteiger partial charge in [-0.15, -0.1) is 0 Å². The van der Waals surface area contributed by atoms with Gasteiger partial charge in [0.15, 0.2) is 0 Å². The van der Waals surface area contributed by atoms with Gasteiger partial charge in [0.2, 0.25) is 10.0 Å². The fourth-order valence-corrected chi connectivity index (χ4v) is 4.80. The van der Waals surface area contributed by atoms with E-state index < -0.39 is 10.0 Å². The van der Waals surface area contributed by atoms with Gasteiger partial charge in [-0.3, -0.25) is 0 Å². The Hall–Kier alpha value is -1.85. The molecule has 0 saturated carbocycles. The number of aryl methyl sites for hydroxylation is 2. The lowest BCUT2D eigenvalue weighted by molar-refractivity contribution is 0.413. The summed E-state index contributed by atoms with van der Waals surface area (Å²) in [5.41, 5.74) is 2.34. The summed E-state index contributed by atoms with van der Waals surface area (Å²) in [6.07, 6.45) is 0.734. The summed E-state index contributed by atoms with van der Waals surface area (Å²) in [6, 6.07) is 13.0. The van der Waals surface area contributed by atoms with Crippen LogP contribution in [0.3, 0.4) is 0 Å². The highest BCUT2D eigenvalue weighted by molar-refractivity contribution is 7.89. The first-order chi connectivity index (χ1) is 11.7. The van der Waals surface area contributed by atoms with Gasteiger partial charge in [0.05, 0.1) is 12.0 Å². The van der Waals surface area contributed by atoms with Gasteiger partial charge in [0.25, 0.3) is 0 Å². The summed E-state index contributed by atoms with van der Waals surface area (Å²) in [6.45, 7) is 7.77. The van der Waals surface area contributed by atoms with E-state index in [9.17, 15) is 8.42 Å². The lowest BCUT2D eigenvalue weighted by Gasteiger charge is -2.22. The minimum absolute atomic E-state index is 0.257. The van der Waals surface area contributed by atoms with E-state index in [-0.39, 0.29) is 6.04 Å². The fraction of sp³-hybridized carbons (Fsp3) is 0.400. The maximum absolute atomic E-state index is 13.1. The zero-order valence-electron chi connectivity index (χ0n) is 15.5. The third-order valence-corrected chi connectivity index (χ3v) is 5.92. The van der Waals surface area contributed by atoms with Crippen molar-refractivity contribution in [1.82, 2.24) is 4.72 Å². The maximum atomic E-state index is 13.1. The van der Waals surface area contributed by atoms with Crippen LogP contribution in [0.4, 0.5) is 0 Å². The van der Waals surface area contributed by atoms with E-state index in [1.165, 1.54) is 0 Å². The van der Waals surface area contributed by atoms with Crippen LogP contribution in [0.1, 0.15) is 43.0 Å². The third-order valence-electron chi connectivity index (χ3n) is 4.14. The van der Waals surface area contributed by atoms with Crippen molar-refractivity contribution in [3.05, 3.63) is 59.2 Å². The van der Waals surface area contributed by atoms with Crippen molar-refractivity contribution in [1.29, 1.82) is 0 Å². The highest BCUT2D eigenvalue weighted by Crippen LogP contribution is 2.29. The van der Waals surface area contributed by atoms with E-state index in [1.807, 2.05) is 30.3 Å².